The van der Waals surface area contributed by atoms with Gasteiger partial charge >= 0.3 is 0 Å². The topological polar surface area (TPSA) is 92.7 Å². The number of nitrogens with zero attached hydrogens (tertiary/aromatic N) is 5. The van der Waals surface area contributed by atoms with Crippen LogP contribution in [0.25, 0.3) is 6.08 Å². The van der Waals surface area contributed by atoms with Crippen LogP contribution in [0.15, 0.2) is 24.3 Å². The molecule has 0 aliphatic carbocycles. The van der Waals surface area contributed by atoms with Crippen LogP contribution in [0.3, 0.4) is 0 Å². The van der Waals surface area contributed by atoms with Crippen molar-refractivity contribution in [3.05, 3.63) is 35.7 Å². The molecule has 2 aliphatic rings. The number of amides is 1. The van der Waals surface area contributed by atoms with Crippen LogP contribution in [0.4, 0.5) is 11.9 Å². The van der Waals surface area contributed by atoms with Crippen LogP contribution in [0.2, 0.25) is 0 Å². The Bertz CT molecular complexity index is 924. The fraction of sp³-hybridized carbons (Fsp3) is 0.400. The Morgan fingerprint density at radius 2 is 1.97 bits per heavy atom. The van der Waals surface area contributed by atoms with E-state index in [4.69, 9.17) is 9.47 Å². The maximum Gasteiger partial charge on any atom is 0.244 e. The van der Waals surface area contributed by atoms with Gasteiger partial charge in [-0.05, 0) is 36.6 Å². The van der Waals surface area contributed by atoms with Gasteiger partial charge in [-0.25, -0.2) is 0 Å². The van der Waals surface area contributed by atoms with Crippen molar-refractivity contribution < 1.29 is 14.3 Å². The van der Waals surface area contributed by atoms with Gasteiger partial charge in [0.05, 0.1) is 6.54 Å². The number of nitrogens with one attached hydrogen (secondary N) is 1. The van der Waals surface area contributed by atoms with E-state index >= 15 is 0 Å². The van der Waals surface area contributed by atoms with E-state index in [0.717, 1.165) is 31.5 Å². The Hall–Kier alpha value is -3.36. The van der Waals surface area contributed by atoms with Crippen LogP contribution in [0.1, 0.15) is 24.2 Å². The summed E-state index contributed by atoms with van der Waals surface area (Å²) in [6.45, 7) is 2.35. The summed E-state index contributed by atoms with van der Waals surface area (Å²) in [7, 11) is 3.78. The van der Waals surface area contributed by atoms with Gasteiger partial charge in [-0.15, -0.1) is 0 Å². The molecule has 0 unspecified atom stereocenters. The second kappa shape index (κ2) is 8.34. The summed E-state index contributed by atoms with van der Waals surface area (Å²) in [6.07, 6.45) is 5.48. The van der Waals surface area contributed by atoms with E-state index in [0.29, 0.717) is 29.2 Å². The lowest BCUT2D eigenvalue weighted by Crippen LogP contribution is -2.26. The first-order valence-corrected chi connectivity index (χ1v) is 9.61. The normalized spacial score (nSPS) is 15.2. The first-order chi connectivity index (χ1) is 14.1. The molecule has 0 radical (unpaired) electrons. The highest BCUT2D eigenvalue weighted by Crippen LogP contribution is 2.32. The fourth-order valence-electron chi connectivity index (χ4n) is 3.15. The van der Waals surface area contributed by atoms with Crippen molar-refractivity contribution in [1.29, 1.82) is 0 Å². The zero-order chi connectivity index (χ0) is 20.2. The number of aromatic nitrogens is 3. The quantitative estimate of drug-likeness (QED) is 0.736. The number of hydrogen-bond acceptors (Lipinski definition) is 8. The Labute approximate surface area is 169 Å². The maximum absolute atomic E-state index is 12.2. The Morgan fingerprint density at radius 1 is 1.17 bits per heavy atom. The number of hydrogen-bond donors (Lipinski definition) is 1. The van der Waals surface area contributed by atoms with Crippen LogP contribution in [0, 0.1) is 0 Å². The van der Waals surface area contributed by atoms with Gasteiger partial charge in [0.2, 0.25) is 24.6 Å². The molecule has 9 heteroatoms. The van der Waals surface area contributed by atoms with E-state index in [2.05, 4.69) is 25.2 Å². The van der Waals surface area contributed by atoms with Crippen LogP contribution in [0.5, 0.6) is 11.5 Å². The van der Waals surface area contributed by atoms with Gasteiger partial charge in [0, 0.05) is 33.3 Å². The van der Waals surface area contributed by atoms with Crippen molar-refractivity contribution in [2.24, 2.45) is 0 Å². The first kappa shape index (κ1) is 19.0. The predicted octanol–water partition coefficient (Wildman–Crippen LogP) is 1.60. The molecule has 0 bridgehead atoms. The molecule has 0 spiro atoms. The smallest absolute Gasteiger partial charge is 0.244 e. The van der Waals surface area contributed by atoms with E-state index in [1.54, 1.807) is 6.08 Å². The highest BCUT2D eigenvalue weighted by molar-refractivity contribution is 5.91. The van der Waals surface area contributed by atoms with Gasteiger partial charge in [-0.3, -0.25) is 4.79 Å². The minimum atomic E-state index is -0.225. The third kappa shape index (κ3) is 4.56. The third-order valence-corrected chi connectivity index (χ3v) is 4.69. The van der Waals surface area contributed by atoms with Gasteiger partial charge in [-0.1, -0.05) is 6.07 Å². The first-order valence-electron chi connectivity index (χ1n) is 9.61. The standard InChI is InChI=1S/C20H24N6O3/c1-25(2)19-22-17(23-20(24-19)26-9-3-4-10-26)12-21-18(27)8-6-14-5-7-15-16(11-14)29-13-28-15/h5-8,11H,3-4,9-10,12-13H2,1-2H3,(H,21,27). The van der Waals surface area contributed by atoms with Crippen molar-refractivity contribution in [3.63, 3.8) is 0 Å². The van der Waals surface area contributed by atoms with Crippen molar-refractivity contribution >= 4 is 23.9 Å². The summed E-state index contributed by atoms with van der Waals surface area (Å²) < 4.78 is 10.6. The Kier molecular flexibility index (Phi) is 5.46. The van der Waals surface area contributed by atoms with Crippen LogP contribution >= 0.6 is 0 Å². The predicted molar refractivity (Wildman–Crippen MR) is 109 cm³/mol. The number of fused-ring (bicyclic) bond motifs is 1. The van der Waals surface area contributed by atoms with Crippen molar-refractivity contribution in [2.45, 2.75) is 19.4 Å². The van der Waals surface area contributed by atoms with Gasteiger partial charge in [0.15, 0.2) is 17.3 Å². The molecule has 3 heterocycles. The molecule has 1 aromatic heterocycles. The van der Waals surface area contributed by atoms with Gasteiger partial charge in [0.1, 0.15) is 0 Å². The summed E-state index contributed by atoms with van der Waals surface area (Å²) in [6, 6.07) is 5.53. The van der Waals surface area contributed by atoms with Gasteiger partial charge < -0.3 is 24.6 Å². The molecule has 1 fully saturated rings. The van der Waals surface area contributed by atoms with E-state index in [1.165, 1.54) is 6.08 Å². The number of rotatable bonds is 6. The maximum atomic E-state index is 12.2. The Morgan fingerprint density at radius 3 is 2.76 bits per heavy atom. The summed E-state index contributed by atoms with van der Waals surface area (Å²) in [5, 5.41) is 2.83. The molecule has 1 amide bonds. The van der Waals surface area contributed by atoms with E-state index < -0.39 is 0 Å². The number of carbonyl (C=O) groups excluding carboxylic acids is 1. The summed E-state index contributed by atoms with van der Waals surface area (Å²) in [4.78, 5) is 29.7. The summed E-state index contributed by atoms with van der Waals surface area (Å²) in [5.41, 5.74) is 0.857. The number of benzene rings is 1. The molecule has 0 atom stereocenters. The number of carbonyl (C=O) groups is 1. The SMILES string of the molecule is CN(C)c1nc(CNC(=O)C=Cc2ccc3c(c2)OCO3)nc(N2CCCC2)n1. The molecule has 2 aliphatic heterocycles. The van der Waals surface area contributed by atoms with Crippen LogP contribution < -0.4 is 24.6 Å². The van der Waals surface area contributed by atoms with E-state index in [1.807, 2.05) is 37.2 Å². The summed E-state index contributed by atoms with van der Waals surface area (Å²) >= 11 is 0. The monoisotopic (exact) mass is 396 g/mol. The molecule has 1 N–H and O–H groups in total. The molecule has 0 saturated carbocycles. The van der Waals surface area contributed by atoms with Crippen molar-refractivity contribution in [1.82, 2.24) is 20.3 Å². The molecule has 9 nitrogen and oxygen atoms in total. The average molecular weight is 396 g/mol. The van der Waals surface area contributed by atoms with E-state index in [9.17, 15) is 4.79 Å². The lowest BCUT2D eigenvalue weighted by molar-refractivity contribution is -0.116. The van der Waals surface area contributed by atoms with Crippen molar-refractivity contribution in [2.75, 3.05) is 43.8 Å². The van der Waals surface area contributed by atoms with Crippen molar-refractivity contribution in [3.8, 4) is 11.5 Å². The summed E-state index contributed by atoms with van der Waals surface area (Å²) in [5.74, 6) is 2.96. The number of anilines is 2. The molecular formula is C20H24N6O3. The molecule has 29 heavy (non-hydrogen) atoms. The highest BCUT2D eigenvalue weighted by atomic mass is 16.7. The zero-order valence-corrected chi connectivity index (χ0v) is 16.6. The third-order valence-electron chi connectivity index (χ3n) is 4.69. The zero-order valence-electron chi connectivity index (χ0n) is 16.6. The average Bonchev–Trinajstić information content (AvgIpc) is 3.41. The molecule has 1 saturated heterocycles. The molecule has 4 rings (SSSR count). The Balaban J connectivity index is 1.40. The minimum absolute atomic E-state index is 0.225. The lowest BCUT2D eigenvalue weighted by Gasteiger charge is -2.18. The second-order valence-electron chi connectivity index (χ2n) is 7.10. The van der Waals surface area contributed by atoms with Gasteiger partial charge in [0.25, 0.3) is 0 Å². The fourth-order valence-corrected chi connectivity index (χ4v) is 3.15. The van der Waals surface area contributed by atoms with E-state index in [-0.39, 0.29) is 19.2 Å². The largest absolute Gasteiger partial charge is 0.454 e. The second-order valence-corrected chi connectivity index (χ2v) is 7.10. The van der Waals surface area contributed by atoms with Gasteiger partial charge in [-0.2, -0.15) is 15.0 Å². The van der Waals surface area contributed by atoms with Crippen LogP contribution in [-0.2, 0) is 11.3 Å². The number of ether oxygens (including phenoxy) is 2. The molecule has 1 aromatic carbocycles. The molecule has 152 valence electrons. The minimum Gasteiger partial charge on any atom is -0.454 e. The molecular weight excluding hydrogens is 372 g/mol. The lowest BCUT2D eigenvalue weighted by atomic mass is 10.2. The highest BCUT2D eigenvalue weighted by Gasteiger charge is 2.18. The van der Waals surface area contributed by atoms with Crippen LogP contribution in [-0.4, -0.2) is 54.8 Å². The molecule has 2 aromatic rings.